The van der Waals surface area contributed by atoms with Crippen LogP contribution in [0.4, 0.5) is 0 Å². The van der Waals surface area contributed by atoms with Gasteiger partial charge < -0.3 is 0 Å². The highest BCUT2D eigenvalue weighted by Crippen LogP contribution is 2.22. The molecule has 0 unspecified atom stereocenters. The lowest BCUT2D eigenvalue weighted by Gasteiger charge is -2.09. The molecule has 0 fully saturated rings. The highest BCUT2D eigenvalue weighted by Gasteiger charge is 2.17. The second kappa shape index (κ2) is 6.80. The van der Waals surface area contributed by atoms with Gasteiger partial charge in [0, 0.05) is 11.6 Å². The Balaban J connectivity index is 1.75. The first-order valence-electron chi connectivity index (χ1n) is 7.38. The molecule has 3 aromatic rings. The number of nitrogens with one attached hydrogen (secondary N) is 1. The van der Waals surface area contributed by atoms with Crippen LogP contribution in [-0.2, 0) is 16.6 Å². The average Bonchev–Trinajstić information content (AvgIpc) is 3.02. The molecule has 0 atom stereocenters. The highest BCUT2D eigenvalue weighted by atomic mass is 32.2. The van der Waals surface area contributed by atoms with E-state index < -0.39 is 10.0 Å². The number of sulfonamides is 1. The number of hydrogen-bond donors (Lipinski definition) is 1. The summed E-state index contributed by atoms with van der Waals surface area (Å²) in [5.41, 5.74) is 3.22. The van der Waals surface area contributed by atoms with Crippen molar-refractivity contribution in [3.8, 4) is 10.7 Å². The van der Waals surface area contributed by atoms with E-state index in [1.807, 2.05) is 36.6 Å². The van der Waals surface area contributed by atoms with Crippen molar-refractivity contribution in [3.05, 3.63) is 64.8 Å². The molecule has 0 radical (unpaired) electrons. The Morgan fingerprint density at radius 3 is 2.71 bits per heavy atom. The van der Waals surface area contributed by atoms with Crippen LogP contribution in [0.2, 0.25) is 0 Å². The predicted molar refractivity (Wildman–Crippen MR) is 95.3 cm³/mol. The number of aromatic nitrogens is 2. The molecule has 24 heavy (non-hydrogen) atoms. The van der Waals surface area contributed by atoms with Gasteiger partial charge in [-0.1, -0.05) is 23.8 Å². The zero-order valence-corrected chi connectivity index (χ0v) is 15.0. The summed E-state index contributed by atoms with van der Waals surface area (Å²) in [5, 5.41) is 2.62. The number of pyridine rings is 1. The third-order valence-corrected chi connectivity index (χ3v) is 5.97. The molecule has 2 aromatic heterocycles. The number of nitrogens with zero attached hydrogens (tertiary/aromatic N) is 2. The molecule has 0 aliphatic rings. The van der Waals surface area contributed by atoms with Gasteiger partial charge in [0.05, 0.1) is 22.8 Å². The minimum atomic E-state index is -3.56. The third kappa shape index (κ3) is 3.69. The molecule has 7 heteroatoms. The summed E-state index contributed by atoms with van der Waals surface area (Å²) in [6.07, 6.45) is 1.71. The zero-order chi connectivity index (χ0) is 17.2. The van der Waals surface area contributed by atoms with Crippen LogP contribution in [0.1, 0.15) is 16.8 Å². The SMILES string of the molecule is Cc1ccc(S(=O)(=O)NCc2csc(-c3ccccn3)n2)c(C)c1. The molecular weight excluding hydrogens is 342 g/mol. The second-order valence-electron chi connectivity index (χ2n) is 5.45. The number of thiazole rings is 1. The molecule has 1 N–H and O–H groups in total. The van der Waals surface area contributed by atoms with E-state index in [0.717, 1.165) is 21.8 Å². The first-order chi connectivity index (χ1) is 11.5. The van der Waals surface area contributed by atoms with Gasteiger partial charge in [-0.25, -0.2) is 18.1 Å². The number of benzene rings is 1. The Morgan fingerprint density at radius 1 is 1.17 bits per heavy atom. The molecular formula is C17H17N3O2S2. The molecule has 2 heterocycles. The molecule has 0 bridgehead atoms. The molecule has 1 aromatic carbocycles. The average molecular weight is 359 g/mol. The fourth-order valence-electron chi connectivity index (χ4n) is 2.34. The largest absolute Gasteiger partial charge is 0.254 e. The van der Waals surface area contributed by atoms with Gasteiger partial charge in [-0.2, -0.15) is 0 Å². The van der Waals surface area contributed by atoms with Crippen molar-refractivity contribution in [1.82, 2.24) is 14.7 Å². The van der Waals surface area contributed by atoms with Crippen LogP contribution >= 0.6 is 11.3 Å². The summed E-state index contributed by atoms with van der Waals surface area (Å²) in [7, 11) is -3.56. The first kappa shape index (κ1) is 16.8. The van der Waals surface area contributed by atoms with Gasteiger partial charge in [0.25, 0.3) is 0 Å². The lowest BCUT2D eigenvalue weighted by Crippen LogP contribution is -2.24. The second-order valence-corrected chi connectivity index (χ2v) is 8.05. The molecule has 5 nitrogen and oxygen atoms in total. The van der Waals surface area contributed by atoms with Crippen molar-refractivity contribution < 1.29 is 8.42 Å². The Morgan fingerprint density at radius 2 is 2.00 bits per heavy atom. The summed E-state index contributed by atoms with van der Waals surface area (Å²) >= 11 is 1.45. The monoisotopic (exact) mass is 359 g/mol. The minimum Gasteiger partial charge on any atom is -0.254 e. The first-order valence-corrected chi connectivity index (χ1v) is 9.75. The van der Waals surface area contributed by atoms with E-state index in [4.69, 9.17) is 0 Å². The summed E-state index contributed by atoms with van der Waals surface area (Å²) in [6, 6.07) is 10.9. The third-order valence-electron chi connectivity index (χ3n) is 3.50. The van der Waals surface area contributed by atoms with Crippen molar-refractivity contribution in [2.45, 2.75) is 25.3 Å². The van der Waals surface area contributed by atoms with Gasteiger partial charge in [-0.15, -0.1) is 11.3 Å². The van der Waals surface area contributed by atoms with E-state index in [1.165, 1.54) is 11.3 Å². The smallest absolute Gasteiger partial charge is 0.241 e. The van der Waals surface area contributed by atoms with Crippen LogP contribution in [0.3, 0.4) is 0 Å². The van der Waals surface area contributed by atoms with Crippen LogP contribution in [0.5, 0.6) is 0 Å². The Bertz CT molecular complexity index is 951. The Hall–Kier alpha value is -2.09. The number of hydrogen-bond acceptors (Lipinski definition) is 5. The summed E-state index contributed by atoms with van der Waals surface area (Å²) < 4.78 is 27.5. The topological polar surface area (TPSA) is 72.0 Å². The predicted octanol–water partition coefficient (Wildman–Crippen LogP) is 3.30. The minimum absolute atomic E-state index is 0.152. The van der Waals surface area contributed by atoms with E-state index in [1.54, 1.807) is 25.3 Å². The number of aryl methyl sites for hydroxylation is 2. The molecule has 0 amide bonds. The van der Waals surface area contributed by atoms with Gasteiger partial charge >= 0.3 is 0 Å². The Labute approximate surface area is 145 Å². The quantitative estimate of drug-likeness (QED) is 0.759. The lowest BCUT2D eigenvalue weighted by molar-refractivity contribution is 0.580. The van der Waals surface area contributed by atoms with Gasteiger partial charge in [0.15, 0.2) is 0 Å². The normalized spacial score (nSPS) is 11.6. The summed E-state index contributed by atoms with van der Waals surface area (Å²) in [5.74, 6) is 0. The molecule has 3 rings (SSSR count). The van der Waals surface area contributed by atoms with Crippen molar-refractivity contribution in [1.29, 1.82) is 0 Å². The molecule has 0 aliphatic carbocycles. The van der Waals surface area contributed by atoms with Crippen LogP contribution in [0.25, 0.3) is 10.7 Å². The van der Waals surface area contributed by atoms with E-state index in [0.29, 0.717) is 10.6 Å². The Kier molecular flexibility index (Phi) is 4.75. The standard InChI is InChI=1S/C17H17N3O2S2/c1-12-6-7-16(13(2)9-12)24(21,22)19-10-14-11-23-17(20-14)15-5-3-4-8-18-15/h3-9,11,19H,10H2,1-2H3. The van der Waals surface area contributed by atoms with Gasteiger partial charge in [0.1, 0.15) is 5.01 Å². The summed E-state index contributed by atoms with van der Waals surface area (Å²) in [4.78, 5) is 8.99. The van der Waals surface area contributed by atoms with Gasteiger partial charge in [0.2, 0.25) is 10.0 Å². The maximum Gasteiger partial charge on any atom is 0.241 e. The van der Waals surface area contributed by atoms with E-state index >= 15 is 0 Å². The van der Waals surface area contributed by atoms with E-state index in [-0.39, 0.29) is 6.54 Å². The maximum absolute atomic E-state index is 12.5. The highest BCUT2D eigenvalue weighted by molar-refractivity contribution is 7.89. The van der Waals surface area contributed by atoms with Gasteiger partial charge in [-0.05, 0) is 37.6 Å². The van der Waals surface area contributed by atoms with Crippen molar-refractivity contribution >= 4 is 21.4 Å². The van der Waals surface area contributed by atoms with Crippen molar-refractivity contribution in [2.24, 2.45) is 0 Å². The van der Waals surface area contributed by atoms with Crippen molar-refractivity contribution in [3.63, 3.8) is 0 Å². The van der Waals surface area contributed by atoms with E-state index in [9.17, 15) is 8.42 Å². The zero-order valence-electron chi connectivity index (χ0n) is 13.4. The molecule has 0 saturated carbocycles. The number of rotatable bonds is 5. The molecule has 0 aliphatic heterocycles. The maximum atomic E-state index is 12.5. The van der Waals surface area contributed by atoms with E-state index in [2.05, 4.69) is 14.7 Å². The molecule has 0 spiro atoms. The van der Waals surface area contributed by atoms with Crippen LogP contribution in [-0.4, -0.2) is 18.4 Å². The molecule has 0 saturated heterocycles. The van der Waals surface area contributed by atoms with Crippen molar-refractivity contribution in [2.75, 3.05) is 0 Å². The van der Waals surface area contributed by atoms with Gasteiger partial charge in [-0.3, -0.25) is 4.98 Å². The lowest BCUT2D eigenvalue weighted by atomic mass is 10.2. The van der Waals surface area contributed by atoms with Crippen LogP contribution in [0, 0.1) is 13.8 Å². The van der Waals surface area contributed by atoms with Crippen LogP contribution in [0.15, 0.2) is 52.9 Å². The summed E-state index contributed by atoms with van der Waals surface area (Å²) in [6.45, 7) is 3.88. The fourth-order valence-corrected chi connectivity index (χ4v) is 4.36. The van der Waals surface area contributed by atoms with Crippen LogP contribution < -0.4 is 4.72 Å². The fraction of sp³-hybridized carbons (Fsp3) is 0.176. The molecule has 124 valence electrons.